The van der Waals surface area contributed by atoms with Crippen molar-refractivity contribution in [2.24, 2.45) is 0 Å². The van der Waals surface area contributed by atoms with Crippen molar-refractivity contribution in [3.05, 3.63) is 23.8 Å². The molecule has 0 aromatic heterocycles. The van der Waals surface area contributed by atoms with Crippen LogP contribution in [0.15, 0.2) is 18.2 Å². The van der Waals surface area contributed by atoms with Gasteiger partial charge < -0.3 is 9.47 Å². The molecule has 2 rings (SSSR count). The Hall–Kier alpha value is -0.890. The predicted octanol–water partition coefficient (Wildman–Crippen LogP) is 2.63. The molecule has 0 unspecified atom stereocenters. The van der Waals surface area contributed by atoms with E-state index in [1.165, 1.54) is 5.56 Å². The van der Waals surface area contributed by atoms with E-state index in [9.17, 15) is 0 Å². The van der Waals surface area contributed by atoms with Gasteiger partial charge in [-0.15, -0.1) is 11.6 Å². The van der Waals surface area contributed by atoms with Gasteiger partial charge in [0.05, 0.1) is 0 Å². The Morgan fingerprint density at radius 1 is 1.14 bits per heavy atom. The van der Waals surface area contributed by atoms with Crippen LogP contribution < -0.4 is 9.47 Å². The van der Waals surface area contributed by atoms with Crippen molar-refractivity contribution >= 4 is 11.6 Å². The number of rotatable bonds is 3. The van der Waals surface area contributed by atoms with Gasteiger partial charge >= 0.3 is 0 Å². The number of fused-ring (bicyclic) bond motifs is 1. The molecule has 0 radical (unpaired) electrons. The summed E-state index contributed by atoms with van der Waals surface area (Å²) in [5.74, 6) is 2.42. The lowest BCUT2D eigenvalue weighted by atomic mass is 10.1. The van der Waals surface area contributed by atoms with Crippen LogP contribution in [0.2, 0.25) is 0 Å². The van der Waals surface area contributed by atoms with E-state index in [4.69, 9.17) is 21.1 Å². The van der Waals surface area contributed by atoms with E-state index >= 15 is 0 Å². The molecule has 1 aliphatic rings. The van der Waals surface area contributed by atoms with Gasteiger partial charge in [-0.05, 0) is 30.5 Å². The second kappa shape index (κ2) is 4.56. The smallest absolute Gasteiger partial charge is 0.161 e. The Morgan fingerprint density at radius 2 is 1.93 bits per heavy atom. The fourth-order valence-electron chi connectivity index (χ4n) is 1.51. The zero-order valence-corrected chi connectivity index (χ0v) is 8.72. The van der Waals surface area contributed by atoms with Crippen molar-refractivity contribution in [2.75, 3.05) is 19.1 Å². The van der Waals surface area contributed by atoms with Crippen LogP contribution >= 0.6 is 11.6 Å². The molecule has 0 atom stereocenters. The molecular weight excluding hydrogens is 200 g/mol. The molecule has 0 bridgehead atoms. The standard InChI is InChI=1S/C11H13ClO2/c12-5-1-2-9-3-4-10-11(8-9)14-7-6-13-10/h3-4,8H,1-2,5-7H2. The summed E-state index contributed by atoms with van der Waals surface area (Å²) in [6, 6.07) is 6.08. The summed E-state index contributed by atoms with van der Waals surface area (Å²) >= 11 is 5.64. The maximum atomic E-state index is 5.64. The van der Waals surface area contributed by atoms with Crippen LogP contribution in [-0.4, -0.2) is 19.1 Å². The topological polar surface area (TPSA) is 18.5 Å². The third kappa shape index (κ3) is 2.13. The molecule has 1 heterocycles. The largest absolute Gasteiger partial charge is 0.486 e. The second-order valence-electron chi connectivity index (χ2n) is 3.27. The fraction of sp³-hybridized carbons (Fsp3) is 0.455. The minimum atomic E-state index is 0.645. The molecule has 0 amide bonds. The van der Waals surface area contributed by atoms with Crippen LogP contribution in [0.1, 0.15) is 12.0 Å². The minimum Gasteiger partial charge on any atom is -0.486 e. The van der Waals surface area contributed by atoms with Crippen LogP contribution in [0.5, 0.6) is 11.5 Å². The maximum Gasteiger partial charge on any atom is 0.161 e. The van der Waals surface area contributed by atoms with E-state index < -0.39 is 0 Å². The third-order valence-corrected chi connectivity index (χ3v) is 2.47. The predicted molar refractivity (Wildman–Crippen MR) is 56.5 cm³/mol. The average Bonchev–Trinajstić information content (AvgIpc) is 2.26. The lowest BCUT2D eigenvalue weighted by Gasteiger charge is -2.18. The zero-order valence-electron chi connectivity index (χ0n) is 7.96. The normalized spacial score (nSPS) is 14.1. The Balaban J connectivity index is 2.12. The molecular formula is C11H13ClO2. The van der Waals surface area contributed by atoms with Crippen LogP contribution in [0.3, 0.4) is 0 Å². The number of hydrogen-bond acceptors (Lipinski definition) is 2. The van der Waals surface area contributed by atoms with E-state index in [1.54, 1.807) is 0 Å². The number of halogens is 1. The summed E-state index contributed by atoms with van der Waals surface area (Å²) in [7, 11) is 0. The number of aryl methyl sites for hydroxylation is 1. The van der Waals surface area contributed by atoms with Crippen molar-refractivity contribution in [1.82, 2.24) is 0 Å². The maximum absolute atomic E-state index is 5.64. The molecule has 1 aromatic carbocycles. The SMILES string of the molecule is ClCCCc1ccc2c(c1)OCCO2. The number of ether oxygens (including phenoxy) is 2. The summed E-state index contributed by atoms with van der Waals surface area (Å²) in [5.41, 5.74) is 1.26. The number of alkyl halides is 1. The van der Waals surface area contributed by atoms with E-state index in [0.717, 1.165) is 24.3 Å². The highest BCUT2D eigenvalue weighted by Gasteiger charge is 2.10. The monoisotopic (exact) mass is 212 g/mol. The Labute approximate surface area is 88.8 Å². The fourth-order valence-corrected chi connectivity index (χ4v) is 1.65. The Kier molecular flexibility index (Phi) is 3.14. The van der Waals surface area contributed by atoms with Gasteiger partial charge in [0.25, 0.3) is 0 Å². The second-order valence-corrected chi connectivity index (χ2v) is 3.65. The quantitative estimate of drug-likeness (QED) is 0.718. The highest BCUT2D eigenvalue weighted by molar-refractivity contribution is 6.17. The van der Waals surface area contributed by atoms with Crippen molar-refractivity contribution in [1.29, 1.82) is 0 Å². The number of hydrogen-bond donors (Lipinski definition) is 0. The molecule has 76 valence electrons. The highest BCUT2D eigenvalue weighted by atomic mass is 35.5. The molecule has 0 saturated carbocycles. The van der Waals surface area contributed by atoms with Crippen molar-refractivity contribution in [3.63, 3.8) is 0 Å². The Bertz CT molecular complexity index is 312. The van der Waals surface area contributed by atoms with Crippen LogP contribution in [0, 0.1) is 0 Å². The molecule has 14 heavy (non-hydrogen) atoms. The third-order valence-electron chi connectivity index (χ3n) is 2.21. The van der Waals surface area contributed by atoms with Crippen LogP contribution in [0.25, 0.3) is 0 Å². The van der Waals surface area contributed by atoms with Gasteiger partial charge in [0.1, 0.15) is 13.2 Å². The summed E-state index contributed by atoms with van der Waals surface area (Å²) < 4.78 is 10.9. The van der Waals surface area contributed by atoms with Crippen molar-refractivity contribution < 1.29 is 9.47 Å². The molecule has 3 heteroatoms. The molecule has 0 fully saturated rings. The van der Waals surface area contributed by atoms with Gasteiger partial charge in [0.15, 0.2) is 11.5 Å². The first-order chi connectivity index (χ1) is 6.90. The van der Waals surface area contributed by atoms with Gasteiger partial charge in [-0.1, -0.05) is 6.07 Å². The lowest BCUT2D eigenvalue weighted by Crippen LogP contribution is -2.15. The van der Waals surface area contributed by atoms with Crippen LogP contribution in [0.4, 0.5) is 0 Å². The highest BCUT2D eigenvalue weighted by Crippen LogP contribution is 2.30. The molecule has 0 saturated heterocycles. The summed E-state index contributed by atoms with van der Waals surface area (Å²) in [4.78, 5) is 0. The first-order valence-corrected chi connectivity index (χ1v) is 5.38. The molecule has 0 N–H and O–H groups in total. The minimum absolute atomic E-state index is 0.645. The van der Waals surface area contributed by atoms with Gasteiger partial charge in [-0.2, -0.15) is 0 Å². The molecule has 2 nitrogen and oxygen atoms in total. The summed E-state index contributed by atoms with van der Waals surface area (Å²) in [6.45, 7) is 1.29. The molecule has 0 spiro atoms. The first-order valence-electron chi connectivity index (χ1n) is 4.84. The van der Waals surface area contributed by atoms with Gasteiger partial charge in [-0.3, -0.25) is 0 Å². The van der Waals surface area contributed by atoms with E-state index in [-0.39, 0.29) is 0 Å². The summed E-state index contributed by atoms with van der Waals surface area (Å²) in [6.07, 6.45) is 2.00. The number of benzene rings is 1. The van der Waals surface area contributed by atoms with Crippen molar-refractivity contribution in [3.8, 4) is 11.5 Å². The molecule has 0 aliphatic carbocycles. The van der Waals surface area contributed by atoms with Crippen molar-refractivity contribution in [2.45, 2.75) is 12.8 Å². The van der Waals surface area contributed by atoms with Gasteiger partial charge in [0, 0.05) is 5.88 Å². The summed E-state index contributed by atoms with van der Waals surface area (Å²) in [5, 5.41) is 0. The van der Waals surface area contributed by atoms with Gasteiger partial charge in [0.2, 0.25) is 0 Å². The average molecular weight is 213 g/mol. The lowest BCUT2D eigenvalue weighted by molar-refractivity contribution is 0.171. The Morgan fingerprint density at radius 3 is 2.71 bits per heavy atom. The first kappa shape index (κ1) is 9.66. The van der Waals surface area contributed by atoms with Crippen LogP contribution in [-0.2, 0) is 6.42 Å². The van der Waals surface area contributed by atoms with E-state index in [2.05, 4.69) is 6.07 Å². The molecule has 1 aromatic rings. The molecule has 1 aliphatic heterocycles. The van der Waals surface area contributed by atoms with E-state index in [0.29, 0.717) is 19.1 Å². The van der Waals surface area contributed by atoms with E-state index in [1.807, 2.05) is 12.1 Å². The van der Waals surface area contributed by atoms with Gasteiger partial charge in [-0.25, -0.2) is 0 Å². The zero-order chi connectivity index (χ0) is 9.80.